The molecule has 29 heavy (non-hydrogen) atoms. The molecule has 0 atom stereocenters. The molecule has 0 N–H and O–H groups in total. The minimum Gasteiger partial charge on any atom is -0.487 e. The third kappa shape index (κ3) is 4.85. The number of carbonyl (C=O) groups is 1. The van der Waals surface area contributed by atoms with Crippen LogP contribution in [0, 0.1) is 10.7 Å². The van der Waals surface area contributed by atoms with Crippen LogP contribution in [0.3, 0.4) is 0 Å². The highest BCUT2D eigenvalue weighted by Gasteiger charge is 2.26. The number of furan rings is 1. The molecule has 0 saturated heterocycles. The Labute approximate surface area is 208 Å². The predicted octanol–water partition coefficient (Wildman–Crippen LogP) is 6.02. The number of rotatable bonds is 5. The first kappa shape index (κ1) is 20.8. The molecule has 1 aliphatic heterocycles. The van der Waals surface area contributed by atoms with Crippen LogP contribution >= 0.6 is 67.8 Å². The molecule has 0 fully saturated rings. The van der Waals surface area contributed by atoms with Crippen molar-refractivity contribution in [3.05, 3.63) is 88.1 Å². The molecule has 0 unspecified atom stereocenters. The first-order valence-corrected chi connectivity index (χ1v) is 11.7. The van der Waals surface area contributed by atoms with E-state index in [2.05, 4.69) is 84.9 Å². The molecule has 0 bridgehead atoms. The molecule has 0 amide bonds. The van der Waals surface area contributed by atoms with E-state index in [0.717, 1.165) is 24.0 Å². The monoisotopic (exact) mass is 723 g/mol. The lowest BCUT2D eigenvalue weighted by Crippen LogP contribution is -2.04. The molecule has 0 saturated carbocycles. The normalized spacial score (nSPS) is 14.8. The topological polar surface area (TPSA) is 61.0 Å². The van der Waals surface area contributed by atoms with Crippen molar-refractivity contribution in [3.8, 4) is 5.75 Å². The van der Waals surface area contributed by atoms with Gasteiger partial charge in [0.05, 0.1) is 13.4 Å². The van der Waals surface area contributed by atoms with E-state index >= 15 is 0 Å². The van der Waals surface area contributed by atoms with E-state index in [9.17, 15) is 4.79 Å². The van der Waals surface area contributed by atoms with Crippen LogP contribution < -0.4 is 4.74 Å². The quantitative estimate of drug-likeness (QED) is 0.184. The van der Waals surface area contributed by atoms with Crippen LogP contribution in [-0.2, 0) is 16.1 Å². The van der Waals surface area contributed by atoms with Crippen LogP contribution in [0.25, 0.3) is 6.08 Å². The maximum atomic E-state index is 12.1. The first-order valence-electron chi connectivity index (χ1n) is 8.43. The summed E-state index contributed by atoms with van der Waals surface area (Å²) in [4.78, 5) is 16.4. The third-order valence-corrected chi connectivity index (χ3v) is 6.66. The largest absolute Gasteiger partial charge is 0.487 e. The second-order valence-corrected chi connectivity index (χ2v) is 9.49. The van der Waals surface area contributed by atoms with E-state index in [-0.39, 0.29) is 11.6 Å². The highest BCUT2D eigenvalue weighted by molar-refractivity contribution is 14.1. The number of aliphatic imine (C=N–C) groups is 1. The van der Waals surface area contributed by atoms with Crippen molar-refractivity contribution < 1.29 is 18.7 Å². The minimum atomic E-state index is -0.500. The van der Waals surface area contributed by atoms with Gasteiger partial charge in [-0.05, 0) is 110 Å². The van der Waals surface area contributed by atoms with Crippen LogP contribution in [0.1, 0.15) is 16.9 Å². The third-order valence-electron chi connectivity index (χ3n) is 4.01. The standard InChI is InChI=1S/C21H12I3NO4/c22-14-5-2-1-4-13(14)11-28-19-15(23)8-12(9-16(19)24)10-17-21(26)29-20(25-17)18-6-3-7-27-18/h1-10H,11H2/b17-10-. The Kier molecular flexibility index (Phi) is 6.59. The van der Waals surface area contributed by atoms with Crippen molar-refractivity contribution in [1.82, 2.24) is 0 Å². The van der Waals surface area contributed by atoms with Gasteiger partial charge in [-0.15, -0.1) is 0 Å². The first-order chi connectivity index (χ1) is 14.0. The van der Waals surface area contributed by atoms with Crippen molar-refractivity contribution >= 4 is 85.7 Å². The average Bonchev–Trinajstić information content (AvgIpc) is 3.33. The summed E-state index contributed by atoms with van der Waals surface area (Å²) in [6.45, 7) is 0.495. The predicted molar refractivity (Wildman–Crippen MR) is 135 cm³/mol. The molecule has 5 nitrogen and oxygen atoms in total. The number of benzene rings is 2. The Morgan fingerprint density at radius 1 is 1.00 bits per heavy atom. The van der Waals surface area contributed by atoms with Gasteiger partial charge in [0, 0.05) is 9.13 Å². The number of ether oxygens (including phenoxy) is 2. The number of esters is 1. The number of cyclic esters (lactones) is 1. The van der Waals surface area contributed by atoms with Gasteiger partial charge in [0.1, 0.15) is 12.4 Å². The van der Waals surface area contributed by atoms with Crippen molar-refractivity contribution in [3.63, 3.8) is 0 Å². The zero-order chi connectivity index (χ0) is 20.4. The van der Waals surface area contributed by atoms with Gasteiger partial charge < -0.3 is 13.9 Å². The number of carbonyl (C=O) groups excluding carboxylic acids is 1. The number of hydrogen-bond donors (Lipinski definition) is 0. The molecule has 0 spiro atoms. The lowest BCUT2D eigenvalue weighted by molar-refractivity contribution is -0.130. The van der Waals surface area contributed by atoms with E-state index < -0.39 is 5.97 Å². The molecule has 3 aromatic rings. The maximum Gasteiger partial charge on any atom is 0.363 e. The maximum absolute atomic E-state index is 12.1. The summed E-state index contributed by atoms with van der Waals surface area (Å²) < 4.78 is 19.6. The molecular weight excluding hydrogens is 711 g/mol. The highest BCUT2D eigenvalue weighted by atomic mass is 127. The lowest BCUT2D eigenvalue weighted by atomic mass is 10.2. The van der Waals surface area contributed by atoms with E-state index in [1.54, 1.807) is 18.2 Å². The fourth-order valence-electron chi connectivity index (χ4n) is 2.64. The summed E-state index contributed by atoms with van der Waals surface area (Å²) in [5, 5.41) is 0. The zero-order valence-corrected chi connectivity index (χ0v) is 21.2. The molecule has 0 aliphatic carbocycles. The molecule has 8 heteroatoms. The second-order valence-electron chi connectivity index (χ2n) is 6.01. The van der Waals surface area contributed by atoms with Crippen LogP contribution in [0.4, 0.5) is 0 Å². The van der Waals surface area contributed by atoms with Gasteiger partial charge in [-0.25, -0.2) is 9.79 Å². The van der Waals surface area contributed by atoms with Crippen LogP contribution in [-0.4, -0.2) is 11.9 Å². The smallest absolute Gasteiger partial charge is 0.363 e. The lowest BCUT2D eigenvalue weighted by Gasteiger charge is -2.12. The molecule has 4 rings (SSSR count). The van der Waals surface area contributed by atoms with Crippen molar-refractivity contribution in [1.29, 1.82) is 0 Å². The van der Waals surface area contributed by atoms with Gasteiger partial charge in [0.15, 0.2) is 11.5 Å². The SMILES string of the molecule is O=C1OC(c2ccco2)=N/C1=C\c1cc(I)c(OCc2ccccc2I)c(I)c1. The van der Waals surface area contributed by atoms with Gasteiger partial charge in [0.2, 0.25) is 0 Å². The number of nitrogens with zero attached hydrogens (tertiary/aromatic N) is 1. The molecular formula is C21H12I3NO4. The second kappa shape index (κ2) is 9.16. The van der Waals surface area contributed by atoms with E-state index in [1.807, 2.05) is 24.3 Å². The average molecular weight is 723 g/mol. The Morgan fingerprint density at radius 2 is 1.76 bits per heavy atom. The summed E-state index contributed by atoms with van der Waals surface area (Å²) >= 11 is 6.79. The Hall–Kier alpha value is -1.41. The van der Waals surface area contributed by atoms with Crippen molar-refractivity contribution in [2.45, 2.75) is 6.61 Å². The van der Waals surface area contributed by atoms with Crippen molar-refractivity contribution in [2.75, 3.05) is 0 Å². The minimum absolute atomic E-state index is 0.174. The Bertz CT molecular complexity index is 1110. The number of hydrogen-bond acceptors (Lipinski definition) is 5. The summed E-state index contributed by atoms with van der Waals surface area (Å²) in [6.07, 6.45) is 3.21. The van der Waals surface area contributed by atoms with Crippen LogP contribution in [0.2, 0.25) is 0 Å². The van der Waals surface area contributed by atoms with Gasteiger partial charge in [-0.1, -0.05) is 18.2 Å². The summed E-state index contributed by atoms with van der Waals surface area (Å²) in [5.41, 5.74) is 2.21. The van der Waals surface area contributed by atoms with Gasteiger partial charge in [-0.2, -0.15) is 0 Å². The zero-order valence-electron chi connectivity index (χ0n) is 14.7. The summed E-state index contributed by atoms with van der Waals surface area (Å²) in [7, 11) is 0. The fraction of sp³-hybridized carbons (Fsp3) is 0.0476. The fourth-order valence-corrected chi connectivity index (χ4v) is 5.31. The molecule has 0 radical (unpaired) electrons. The molecule has 146 valence electrons. The van der Waals surface area contributed by atoms with Gasteiger partial charge >= 0.3 is 5.97 Å². The van der Waals surface area contributed by atoms with E-state index in [0.29, 0.717) is 12.4 Å². The van der Waals surface area contributed by atoms with Crippen molar-refractivity contribution in [2.24, 2.45) is 4.99 Å². The summed E-state index contributed by atoms with van der Waals surface area (Å²) in [6, 6.07) is 15.4. The Balaban J connectivity index is 1.56. The highest BCUT2D eigenvalue weighted by Crippen LogP contribution is 2.31. The molecule has 1 aromatic heterocycles. The Morgan fingerprint density at radius 3 is 2.45 bits per heavy atom. The van der Waals surface area contributed by atoms with Crippen LogP contribution in [0.5, 0.6) is 5.75 Å². The van der Waals surface area contributed by atoms with Gasteiger partial charge in [-0.3, -0.25) is 0 Å². The van der Waals surface area contributed by atoms with E-state index in [1.165, 1.54) is 9.83 Å². The molecule has 2 heterocycles. The number of halogens is 3. The van der Waals surface area contributed by atoms with E-state index in [4.69, 9.17) is 13.9 Å². The van der Waals surface area contributed by atoms with Crippen LogP contribution in [0.15, 0.2) is 69.9 Å². The molecule has 1 aliphatic rings. The van der Waals surface area contributed by atoms with Gasteiger partial charge in [0.25, 0.3) is 5.90 Å². The summed E-state index contributed by atoms with van der Waals surface area (Å²) in [5.74, 6) is 0.917. The molecule has 2 aromatic carbocycles.